The minimum absolute atomic E-state index is 0.0230. The molecule has 1 unspecified atom stereocenters. The maximum absolute atomic E-state index is 11.6. The van der Waals surface area contributed by atoms with Gasteiger partial charge in [0.15, 0.2) is 5.96 Å². The van der Waals surface area contributed by atoms with Crippen molar-refractivity contribution in [1.82, 2.24) is 15.5 Å². The summed E-state index contributed by atoms with van der Waals surface area (Å²) in [5.41, 5.74) is 0. The molecule has 0 spiro atoms. The molecule has 122 valence electrons. The maximum Gasteiger partial charge on any atom is 0.243 e. The Morgan fingerprint density at radius 3 is 2.86 bits per heavy atom. The molecule has 0 saturated carbocycles. The molecule has 0 aromatic carbocycles. The Balaban J connectivity index is 2.39. The first kappa shape index (κ1) is 17.7. The molecule has 7 nitrogen and oxygen atoms in total. The van der Waals surface area contributed by atoms with Crippen LogP contribution in [0.15, 0.2) is 4.99 Å². The van der Waals surface area contributed by atoms with Gasteiger partial charge in [0, 0.05) is 47.5 Å². The summed E-state index contributed by atoms with van der Waals surface area (Å²) in [6, 6.07) is 0. The van der Waals surface area contributed by atoms with Crippen molar-refractivity contribution in [2.75, 3.05) is 54.1 Å². The van der Waals surface area contributed by atoms with Crippen LogP contribution in [-0.4, -0.2) is 76.9 Å². The first-order valence-electron chi connectivity index (χ1n) is 7.46. The maximum atomic E-state index is 11.6. The summed E-state index contributed by atoms with van der Waals surface area (Å²) in [5.74, 6) is 0.627. The van der Waals surface area contributed by atoms with Gasteiger partial charge in [-0.25, -0.2) is 4.99 Å². The fourth-order valence-electron chi connectivity index (χ4n) is 1.90. The highest BCUT2D eigenvalue weighted by atomic mass is 16.5. The normalized spacial score (nSPS) is 18.6. The van der Waals surface area contributed by atoms with Crippen LogP contribution in [0.3, 0.4) is 0 Å². The summed E-state index contributed by atoms with van der Waals surface area (Å²) >= 11 is 0. The van der Waals surface area contributed by atoms with Crippen LogP contribution >= 0.6 is 0 Å². The lowest BCUT2D eigenvalue weighted by atomic mass is 10.2. The Bertz CT molecular complexity index is 328. The predicted molar refractivity (Wildman–Crippen MR) is 82.5 cm³/mol. The van der Waals surface area contributed by atoms with Gasteiger partial charge in [-0.05, 0) is 19.3 Å². The number of hydrogen-bond acceptors (Lipinski definition) is 4. The zero-order valence-electron chi connectivity index (χ0n) is 13.4. The number of guanidine groups is 1. The summed E-state index contributed by atoms with van der Waals surface area (Å²) in [5, 5.41) is 6.44. The number of carbonyl (C=O) groups excluding carboxylic acids is 1. The summed E-state index contributed by atoms with van der Waals surface area (Å²) in [4.78, 5) is 17.4. The molecule has 1 atom stereocenters. The molecule has 21 heavy (non-hydrogen) atoms. The highest BCUT2D eigenvalue weighted by Gasteiger charge is 2.15. The van der Waals surface area contributed by atoms with Gasteiger partial charge in [0.2, 0.25) is 5.91 Å². The van der Waals surface area contributed by atoms with Crippen LogP contribution in [0.4, 0.5) is 0 Å². The Morgan fingerprint density at radius 2 is 2.24 bits per heavy atom. The molecule has 0 aliphatic carbocycles. The SMILES string of the molecule is COCCCNC(=NCC(=O)N(C)C)NCC1CCCO1. The van der Waals surface area contributed by atoms with Gasteiger partial charge in [0.1, 0.15) is 6.54 Å². The number of rotatable bonds is 8. The Kier molecular flexibility index (Phi) is 8.77. The molecule has 1 saturated heterocycles. The average Bonchev–Trinajstić information content (AvgIpc) is 2.98. The molecule has 1 aliphatic rings. The molecule has 1 aliphatic heterocycles. The third kappa shape index (κ3) is 7.87. The van der Waals surface area contributed by atoms with Crippen LogP contribution in [0.1, 0.15) is 19.3 Å². The third-order valence-electron chi connectivity index (χ3n) is 3.21. The first-order chi connectivity index (χ1) is 10.1. The summed E-state index contributed by atoms with van der Waals surface area (Å²) < 4.78 is 10.6. The molecule has 2 N–H and O–H groups in total. The van der Waals surface area contributed by atoms with E-state index in [1.54, 1.807) is 21.2 Å². The van der Waals surface area contributed by atoms with E-state index >= 15 is 0 Å². The van der Waals surface area contributed by atoms with Crippen LogP contribution in [-0.2, 0) is 14.3 Å². The molecule has 1 fully saturated rings. The van der Waals surface area contributed by atoms with Crippen molar-refractivity contribution in [2.24, 2.45) is 4.99 Å². The number of aliphatic imine (C=N–C) groups is 1. The molecule has 1 rings (SSSR count). The van der Waals surface area contributed by atoms with Gasteiger partial charge in [-0.3, -0.25) is 4.79 Å². The number of methoxy groups -OCH3 is 1. The molecule has 1 heterocycles. The molecule has 0 bridgehead atoms. The number of hydrogen-bond donors (Lipinski definition) is 2. The molecular weight excluding hydrogens is 272 g/mol. The van der Waals surface area contributed by atoms with Crippen molar-refractivity contribution in [1.29, 1.82) is 0 Å². The second-order valence-corrected chi connectivity index (χ2v) is 5.24. The largest absolute Gasteiger partial charge is 0.385 e. The van der Waals surface area contributed by atoms with Crippen molar-refractivity contribution in [2.45, 2.75) is 25.4 Å². The minimum Gasteiger partial charge on any atom is -0.385 e. The first-order valence-corrected chi connectivity index (χ1v) is 7.46. The molecule has 7 heteroatoms. The zero-order valence-corrected chi connectivity index (χ0v) is 13.4. The number of ether oxygens (including phenoxy) is 2. The van der Waals surface area contributed by atoms with Crippen LogP contribution in [0, 0.1) is 0 Å². The van der Waals surface area contributed by atoms with Gasteiger partial charge in [-0.15, -0.1) is 0 Å². The van der Waals surface area contributed by atoms with Crippen LogP contribution < -0.4 is 10.6 Å². The number of nitrogens with zero attached hydrogens (tertiary/aromatic N) is 2. The highest BCUT2D eigenvalue weighted by molar-refractivity contribution is 5.84. The van der Waals surface area contributed by atoms with Gasteiger partial charge in [0.05, 0.1) is 6.10 Å². The second kappa shape index (κ2) is 10.4. The highest BCUT2D eigenvalue weighted by Crippen LogP contribution is 2.10. The topological polar surface area (TPSA) is 75.2 Å². The van der Waals surface area contributed by atoms with E-state index in [0.29, 0.717) is 19.1 Å². The average molecular weight is 300 g/mol. The Labute approximate surface area is 127 Å². The molecule has 0 aromatic rings. The lowest BCUT2D eigenvalue weighted by molar-refractivity contribution is -0.127. The van der Waals surface area contributed by atoms with Crippen molar-refractivity contribution in [3.8, 4) is 0 Å². The molecule has 1 amide bonds. The summed E-state index contributed by atoms with van der Waals surface area (Å²) in [6.45, 7) is 3.13. The lowest BCUT2D eigenvalue weighted by Crippen LogP contribution is -2.42. The molecule has 0 aromatic heterocycles. The van der Waals surface area contributed by atoms with E-state index in [4.69, 9.17) is 9.47 Å². The quantitative estimate of drug-likeness (QED) is 0.370. The Morgan fingerprint density at radius 1 is 1.43 bits per heavy atom. The van der Waals surface area contributed by atoms with Gasteiger partial charge in [-0.1, -0.05) is 0 Å². The third-order valence-corrected chi connectivity index (χ3v) is 3.21. The van der Waals surface area contributed by atoms with E-state index in [1.807, 2.05) is 0 Å². The lowest BCUT2D eigenvalue weighted by Gasteiger charge is -2.16. The fraction of sp³-hybridized carbons (Fsp3) is 0.857. The zero-order chi connectivity index (χ0) is 15.5. The van der Waals surface area contributed by atoms with Crippen molar-refractivity contribution in [3.63, 3.8) is 0 Å². The van der Waals surface area contributed by atoms with E-state index in [1.165, 1.54) is 4.90 Å². The van der Waals surface area contributed by atoms with Gasteiger partial charge >= 0.3 is 0 Å². The molecule has 0 radical (unpaired) electrons. The van der Waals surface area contributed by atoms with Crippen LogP contribution in [0.25, 0.3) is 0 Å². The second-order valence-electron chi connectivity index (χ2n) is 5.24. The van der Waals surface area contributed by atoms with Crippen molar-refractivity contribution < 1.29 is 14.3 Å². The van der Waals surface area contributed by atoms with E-state index < -0.39 is 0 Å². The monoisotopic (exact) mass is 300 g/mol. The van der Waals surface area contributed by atoms with E-state index in [9.17, 15) is 4.79 Å². The smallest absolute Gasteiger partial charge is 0.243 e. The van der Waals surface area contributed by atoms with Crippen molar-refractivity contribution in [3.05, 3.63) is 0 Å². The van der Waals surface area contributed by atoms with Gasteiger partial charge < -0.3 is 25.0 Å². The van der Waals surface area contributed by atoms with Gasteiger partial charge in [-0.2, -0.15) is 0 Å². The number of carbonyl (C=O) groups is 1. The fourth-order valence-corrected chi connectivity index (χ4v) is 1.90. The number of nitrogens with one attached hydrogen (secondary N) is 2. The summed E-state index contributed by atoms with van der Waals surface area (Å²) in [6.07, 6.45) is 3.30. The molecular formula is C14H28N4O3. The standard InChI is InChI=1S/C14H28N4O3/c1-18(2)13(19)11-17-14(15-7-5-8-20-3)16-10-12-6-4-9-21-12/h12H,4-11H2,1-3H3,(H2,15,16,17). The minimum atomic E-state index is -0.0230. The number of amides is 1. The number of likely N-dealkylation sites (N-methyl/N-ethyl adjacent to an activating group) is 1. The van der Waals surface area contributed by atoms with Crippen LogP contribution in [0.5, 0.6) is 0 Å². The van der Waals surface area contributed by atoms with E-state index in [0.717, 1.165) is 32.4 Å². The van der Waals surface area contributed by atoms with Crippen LogP contribution in [0.2, 0.25) is 0 Å². The summed E-state index contributed by atoms with van der Waals surface area (Å²) in [7, 11) is 5.13. The van der Waals surface area contributed by atoms with E-state index in [2.05, 4.69) is 15.6 Å². The predicted octanol–water partition coefficient (Wildman–Crippen LogP) is -0.175. The van der Waals surface area contributed by atoms with E-state index in [-0.39, 0.29) is 18.6 Å². The van der Waals surface area contributed by atoms with Crippen molar-refractivity contribution >= 4 is 11.9 Å². The van der Waals surface area contributed by atoms with Gasteiger partial charge in [0.25, 0.3) is 0 Å². The Hall–Kier alpha value is -1.34.